The molecule has 1 aliphatic rings. The Labute approximate surface area is 131 Å². The molecule has 1 heterocycles. The van der Waals surface area contributed by atoms with Gasteiger partial charge in [0.25, 0.3) is 10.1 Å². The molecule has 1 fully saturated rings. The summed E-state index contributed by atoms with van der Waals surface area (Å²) in [5.74, 6) is 0. The SMILES string of the molecule is COOSOCCC1(CCOS(C)(=O)=O)CCN(C)CC1. The lowest BCUT2D eigenvalue weighted by Gasteiger charge is -2.40. The van der Waals surface area contributed by atoms with Gasteiger partial charge in [-0.05, 0) is 51.2 Å². The van der Waals surface area contributed by atoms with Crippen molar-refractivity contribution < 1.29 is 26.0 Å². The second-order valence-electron chi connectivity index (χ2n) is 5.45. The molecular formula is C12H25NO6S2. The maximum Gasteiger partial charge on any atom is 0.264 e. The first kappa shape index (κ1) is 19.1. The number of likely N-dealkylation sites (tertiary alicyclic amines) is 1. The summed E-state index contributed by atoms with van der Waals surface area (Å²) < 4.78 is 36.9. The van der Waals surface area contributed by atoms with E-state index in [1.807, 2.05) is 0 Å². The molecule has 0 bridgehead atoms. The van der Waals surface area contributed by atoms with E-state index in [4.69, 9.17) is 8.37 Å². The maximum absolute atomic E-state index is 11.1. The summed E-state index contributed by atoms with van der Waals surface area (Å²) >= 11 is 0.809. The van der Waals surface area contributed by atoms with Crippen LogP contribution in [0.5, 0.6) is 0 Å². The summed E-state index contributed by atoms with van der Waals surface area (Å²) in [6.07, 6.45) is 4.66. The van der Waals surface area contributed by atoms with Gasteiger partial charge < -0.3 is 4.90 Å². The third-order valence-corrected chi connectivity index (χ3v) is 4.89. The molecule has 126 valence electrons. The van der Waals surface area contributed by atoms with Gasteiger partial charge in [-0.15, -0.1) is 4.33 Å². The highest BCUT2D eigenvalue weighted by molar-refractivity contribution is 7.89. The van der Waals surface area contributed by atoms with Gasteiger partial charge in [-0.3, -0.25) is 8.37 Å². The van der Waals surface area contributed by atoms with Gasteiger partial charge in [-0.2, -0.15) is 8.42 Å². The number of nitrogens with zero attached hydrogens (tertiary/aromatic N) is 1. The molecule has 0 N–H and O–H groups in total. The number of hydrogen-bond acceptors (Lipinski definition) is 8. The zero-order valence-electron chi connectivity index (χ0n) is 12.9. The van der Waals surface area contributed by atoms with E-state index in [0.29, 0.717) is 13.0 Å². The summed E-state index contributed by atoms with van der Waals surface area (Å²) in [6, 6.07) is 0. The Morgan fingerprint density at radius 3 is 2.38 bits per heavy atom. The van der Waals surface area contributed by atoms with Crippen LogP contribution >= 0.6 is 12.3 Å². The third kappa shape index (κ3) is 8.34. The van der Waals surface area contributed by atoms with Crippen molar-refractivity contribution in [1.29, 1.82) is 0 Å². The third-order valence-electron chi connectivity index (χ3n) is 3.84. The average molecular weight is 343 g/mol. The van der Waals surface area contributed by atoms with Crippen LogP contribution in [0.15, 0.2) is 0 Å². The zero-order valence-corrected chi connectivity index (χ0v) is 14.5. The molecular weight excluding hydrogens is 318 g/mol. The van der Waals surface area contributed by atoms with Crippen molar-refractivity contribution in [3.63, 3.8) is 0 Å². The number of piperidine rings is 1. The molecule has 0 amide bonds. The standard InChI is InChI=1S/C12H25NO6S2/c1-13-8-4-12(5-9-13,6-10-17-20-19-16-2)7-11-18-21(3,14)15/h4-11H2,1-3H3. The lowest BCUT2D eigenvalue weighted by Crippen LogP contribution is -2.39. The number of rotatable bonds is 10. The Bertz CT molecular complexity index is 381. The molecule has 0 aromatic heterocycles. The minimum absolute atomic E-state index is 0.0603. The van der Waals surface area contributed by atoms with Gasteiger partial charge in [0.2, 0.25) is 0 Å². The second-order valence-corrected chi connectivity index (χ2v) is 7.61. The highest BCUT2D eigenvalue weighted by atomic mass is 32.2. The van der Waals surface area contributed by atoms with Crippen molar-refractivity contribution >= 4 is 22.4 Å². The minimum Gasteiger partial charge on any atom is -0.306 e. The monoisotopic (exact) mass is 343 g/mol. The first-order valence-corrected chi connectivity index (χ1v) is 9.37. The van der Waals surface area contributed by atoms with Gasteiger partial charge in [0, 0.05) is 0 Å². The molecule has 0 aromatic rings. The maximum atomic E-state index is 11.1. The van der Waals surface area contributed by atoms with E-state index in [0.717, 1.165) is 50.9 Å². The van der Waals surface area contributed by atoms with Crippen LogP contribution in [0.2, 0.25) is 0 Å². The van der Waals surface area contributed by atoms with Crippen molar-refractivity contribution in [1.82, 2.24) is 4.90 Å². The molecule has 0 unspecified atom stereocenters. The molecule has 21 heavy (non-hydrogen) atoms. The van der Waals surface area contributed by atoms with E-state index in [9.17, 15) is 8.42 Å². The van der Waals surface area contributed by atoms with Crippen molar-refractivity contribution in [2.75, 3.05) is 46.7 Å². The summed E-state index contributed by atoms with van der Waals surface area (Å²) in [5.41, 5.74) is 0.0603. The van der Waals surface area contributed by atoms with E-state index in [1.165, 1.54) is 7.11 Å². The van der Waals surface area contributed by atoms with Crippen molar-refractivity contribution in [2.45, 2.75) is 25.7 Å². The lowest BCUT2D eigenvalue weighted by molar-refractivity contribution is -0.167. The van der Waals surface area contributed by atoms with Crippen LogP contribution in [0.3, 0.4) is 0 Å². The Hall–Kier alpha value is 0.1000. The molecule has 0 radical (unpaired) electrons. The summed E-state index contributed by atoms with van der Waals surface area (Å²) in [6.45, 7) is 2.75. The van der Waals surface area contributed by atoms with Gasteiger partial charge in [-0.25, -0.2) is 4.89 Å². The van der Waals surface area contributed by atoms with Crippen LogP contribution in [0.25, 0.3) is 0 Å². The normalized spacial score (nSPS) is 19.8. The molecule has 0 aliphatic carbocycles. The van der Waals surface area contributed by atoms with Crippen LogP contribution in [-0.4, -0.2) is 60.0 Å². The number of hydrogen-bond donors (Lipinski definition) is 0. The average Bonchev–Trinajstić information content (AvgIpc) is 2.40. The highest BCUT2D eigenvalue weighted by Crippen LogP contribution is 2.38. The largest absolute Gasteiger partial charge is 0.306 e. The van der Waals surface area contributed by atoms with Crippen LogP contribution in [0.1, 0.15) is 25.7 Å². The summed E-state index contributed by atoms with van der Waals surface area (Å²) in [5, 5.41) is 0. The van der Waals surface area contributed by atoms with Gasteiger partial charge >= 0.3 is 0 Å². The minimum atomic E-state index is -3.38. The molecule has 0 saturated carbocycles. The Morgan fingerprint density at radius 1 is 1.19 bits per heavy atom. The van der Waals surface area contributed by atoms with E-state index >= 15 is 0 Å². The first-order chi connectivity index (χ1) is 9.87. The van der Waals surface area contributed by atoms with Crippen LogP contribution < -0.4 is 0 Å². The predicted molar refractivity (Wildman–Crippen MR) is 80.8 cm³/mol. The topological polar surface area (TPSA) is 74.3 Å². The zero-order chi connectivity index (χ0) is 15.8. The Kier molecular flexibility index (Phi) is 8.47. The Morgan fingerprint density at radius 2 is 1.81 bits per heavy atom. The van der Waals surface area contributed by atoms with Gasteiger partial charge in [-0.1, -0.05) is 0 Å². The quantitative estimate of drug-likeness (QED) is 0.195. The van der Waals surface area contributed by atoms with Crippen LogP contribution in [0, 0.1) is 5.41 Å². The van der Waals surface area contributed by atoms with Crippen molar-refractivity contribution in [2.24, 2.45) is 5.41 Å². The van der Waals surface area contributed by atoms with E-state index in [2.05, 4.69) is 21.2 Å². The molecule has 1 aliphatic heterocycles. The summed E-state index contributed by atoms with van der Waals surface area (Å²) in [7, 11) is 0.130. The van der Waals surface area contributed by atoms with Crippen LogP contribution in [0.4, 0.5) is 0 Å². The van der Waals surface area contributed by atoms with E-state index < -0.39 is 10.1 Å². The molecule has 0 aromatic carbocycles. The predicted octanol–water partition coefficient (Wildman–Crippen LogP) is 1.61. The van der Waals surface area contributed by atoms with Gasteiger partial charge in [0.05, 0.1) is 26.6 Å². The fourth-order valence-electron chi connectivity index (χ4n) is 2.47. The van der Waals surface area contributed by atoms with E-state index in [1.54, 1.807) is 0 Å². The highest BCUT2D eigenvalue weighted by Gasteiger charge is 2.33. The molecule has 0 atom stereocenters. The van der Waals surface area contributed by atoms with Gasteiger partial charge in [0.15, 0.2) is 12.3 Å². The fourth-order valence-corrected chi connectivity index (χ4v) is 3.10. The first-order valence-electron chi connectivity index (χ1n) is 6.89. The smallest absolute Gasteiger partial charge is 0.264 e. The fraction of sp³-hybridized carbons (Fsp3) is 1.00. The van der Waals surface area contributed by atoms with Crippen molar-refractivity contribution in [3.8, 4) is 0 Å². The van der Waals surface area contributed by atoms with Crippen LogP contribution in [-0.2, 0) is 27.7 Å². The van der Waals surface area contributed by atoms with Crippen molar-refractivity contribution in [3.05, 3.63) is 0 Å². The second kappa shape index (κ2) is 9.29. The van der Waals surface area contributed by atoms with Gasteiger partial charge in [0.1, 0.15) is 0 Å². The molecule has 1 rings (SSSR count). The molecule has 9 heteroatoms. The van der Waals surface area contributed by atoms with E-state index in [-0.39, 0.29) is 12.0 Å². The lowest BCUT2D eigenvalue weighted by atomic mass is 9.73. The summed E-state index contributed by atoms with van der Waals surface area (Å²) in [4.78, 5) is 6.70. The molecule has 1 saturated heterocycles. The Balaban J connectivity index is 2.42. The molecule has 0 spiro atoms. The molecule has 7 nitrogen and oxygen atoms in total.